The Bertz CT molecular complexity index is 1260. The average molecular weight is 410 g/mol. The summed E-state index contributed by atoms with van der Waals surface area (Å²) in [5, 5.41) is 8.85. The molecule has 6 nitrogen and oxygen atoms in total. The van der Waals surface area contributed by atoms with Crippen molar-refractivity contribution in [2.75, 3.05) is 6.54 Å². The Morgan fingerprint density at radius 3 is 2.42 bits per heavy atom. The Labute approximate surface area is 179 Å². The fourth-order valence-corrected chi connectivity index (χ4v) is 4.45. The molecule has 1 aliphatic rings. The van der Waals surface area contributed by atoms with Gasteiger partial charge in [0.2, 0.25) is 5.91 Å². The molecule has 1 aromatic heterocycles. The second-order valence-electron chi connectivity index (χ2n) is 7.81. The molecule has 31 heavy (non-hydrogen) atoms. The van der Waals surface area contributed by atoms with Crippen LogP contribution in [0, 0.1) is 0 Å². The number of amides is 2. The fraction of sp³-hybridized carbons (Fsp3) is 0.160. The van der Waals surface area contributed by atoms with Gasteiger partial charge in [0.15, 0.2) is 0 Å². The zero-order chi connectivity index (χ0) is 21.4. The van der Waals surface area contributed by atoms with Crippen molar-refractivity contribution in [3.63, 3.8) is 0 Å². The van der Waals surface area contributed by atoms with Crippen molar-refractivity contribution in [3.8, 4) is 22.4 Å². The molecule has 0 aliphatic carbocycles. The third-order valence-corrected chi connectivity index (χ3v) is 6.00. The van der Waals surface area contributed by atoms with Crippen LogP contribution in [-0.2, 0) is 4.79 Å². The van der Waals surface area contributed by atoms with E-state index in [1.807, 2.05) is 36.4 Å². The number of benzene rings is 3. The number of aromatic amines is 1. The molecule has 154 valence electrons. The lowest BCUT2D eigenvalue weighted by Crippen LogP contribution is -2.43. The number of carbonyl (C=O) groups excluding carboxylic acids is 2. The van der Waals surface area contributed by atoms with E-state index in [4.69, 9.17) is 5.73 Å². The molecule has 4 aromatic rings. The van der Waals surface area contributed by atoms with Crippen LogP contribution in [0.3, 0.4) is 0 Å². The SMILES string of the molecule is NC(=O)[C@H]1CCCN1C(=O)c1cccc2c(-c3ccc(-c4ccn[nH]4)cc3)cccc12. The highest BCUT2D eigenvalue weighted by Crippen LogP contribution is 2.33. The van der Waals surface area contributed by atoms with Crippen molar-refractivity contribution in [1.29, 1.82) is 0 Å². The van der Waals surface area contributed by atoms with Gasteiger partial charge in [-0.3, -0.25) is 14.7 Å². The van der Waals surface area contributed by atoms with Gasteiger partial charge in [-0.2, -0.15) is 5.10 Å². The standard InChI is InChI=1S/C25H22N4O2/c26-24(30)23-8-3-15-29(23)25(31)21-7-2-5-19-18(4-1-6-20(19)21)16-9-11-17(12-10-16)22-13-14-27-28-22/h1-2,4-7,9-14,23H,3,8,15H2,(H2,26,30)(H,27,28)/t23-/m1/s1. The predicted octanol–water partition coefficient (Wildman–Crippen LogP) is 3.99. The highest BCUT2D eigenvalue weighted by Gasteiger charge is 2.33. The van der Waals surface area contributed by atoms with Gasteiger partial charge in [-0.25, -0.2) is 0 Å². The van der Waals surface area contributed by atoms with Gasteiger partial charge >= 0.3 is 0 Å². The van der Waals surface area contributed by atoms with Crippen molar-refractivity contribution >= 4 is 22.6 Å². The Balaban J connectivity index is 1.55. The van der Waals surface area contributed by atoms with E-state index in [2.05, 4.69) is 40.5 Å². The van der Waals surface area contributed by atoms with Gasteiger partial charge in [0, 0.05) is 18.3 Å². The molecule has 1 aliphatic heterocycles. The van der Waals surface area contributed by atoms with Gasteiger partial charge in [0.05, 0.1) is 5.69 Å². The summed E-state index contributed by atoms with van der Waals surface area (Å²) in [6.07, 6.45) is 3.15. The number of aromatic nitrogens is 2. The first-order chi connectivity index (χ1) is 15.1. The molecular weight excluding hydrogens is 388 g/mol. The van der Waals surface area contributed by atoms with Crippen LogP contribution < -0.4 is 5.73 Å². The molecule has 1 saturated heterocycles. The molecule has 6 heteroatoms. The number of hydrogen-bond donors (Lipinski definition) is 2. The number of hydrogen-bond acceptors (Lipinski definition) is 3. The van der Waals surface area contributed by atoms with Gasteiger partial charge in [0.1, 0.15) is 6.04 Å². The highest BCUT2D eigenvalue weighted by molar-refractivity contribution is 6.11. The van der Waals surface area contributed by atoms with Gasteiger partial charge < -0.3 is 10.6 Å². The van der Waals surface area contributed by atoms with E-state index in [1.165, 1.54) is 0 Å². The van der Waals surface area contributed by atoms with Crippen LogP contribution in [0.15, 0.2) is 72.9 Å². The van der Waals surface area contributed by atoms with E-state index in [0.717, 1.165) is 39.6 Å². The minimum Gasteiger partial charge on any atom is -0.368 e. The molecule has 2 heterocycles. The molecule has 0 spiro atoms. The van der Waals surface area contributed by atoms with Crippen LogP contribution in [0.5, 0.6) is 0 Å². The van der Waals surface area contributed by atoms with Crippen molar-refractivity contribution < 1.29 is 9.59 Å². The number of H-pyrrole nitrogens is 1. The molecule has 3 aromatic carbocycles. The quantitative estimate of drug-likeness (QED) is 0.533. The monoisotopic (exact) mass is 410 g/mol. The van der Waals surface area contributed by atoms with Crippen LogP contribution in [0.25, 0.3) is 33.2 Å². The smallest absolute Gasteiger partial charge is 0.255 e. The average Bonchev–Trinajstić information content (AvgIpc) is 3.50. The van der Waals surface area contributed by atoms with E-state index < -0.39 is 11.9 Å². The first-order valence-corrected chi connectivity index (χ1v) is 10.4. The molecule has 0 bridgehead atoms. The lowest BCUT2D eigenvalue weighted by molar-refractivity contribution is -0.121. The minimum atomic E-state index is -0.527. The Morgan fingerprint density at radius 1 is 0.935 bits per heavy atom. The summed E-state index contributed by atoms with van der Waals surface area (Å²) in [4.78, 5) is 26.7. The van der Waals surface area contributed by atoms with Gasteiger partial charge in [-0.05, 0) is 52.4 Å². The summed E-state index contributed by atoms with van der Waals surface area (Å²) >= 11 is 0. The number of nitrogens with one attached hydrogen (secondary N) is 1. The minimum absolute atomic E-state index is 0.140. The highest BCUT2D eigenvalue weighted by atomic mass is 16.2. The number of primary amides is 1. The van der Waals surface area contributed by atoms with Crippen molar-refractivity contribution in [1.82, 2.24) is 15.1 Å². The van der Waals surface area contributed by atoms with Gasteiger partial charge in [0.25, 0.3) is 5.91 Å². The molecule has 1 fully saturated rings. The molecule has 1 atom stereocenters. The third-order valence-electron chi connectivity index (χ3n) is 6.00. The molecule has 2 amide bonds. The summed E-state index contributed by atoms with van der Waals surface area (Å²) in [6.45, 7) is 0.553. The maximum absolute atomic E-state index is 13.3. The van der Waals surface area contributed by atoms with Crippen LogP contribution in [0.4, 0.5) is 0 Å². The molecule has 3 N–H and O–H groups in total. The number of rotatable bonds is 4. The molecule has 0 radical (unpaired) electrons. The van der Waals surface area contributed by atoms with Crippen molar-refractivity contribution in [2.45, 2.75) is 18.9 Å². The summed E-state index contributed by atoms with van der Waals surface area (Å²) in [5.41, 5.74) is 10.3. The van der Waals surface area contributed by atoms with Crippen LogP contribution >= 0.6 is 0 Å². The Hall–Kier alpha value is -3.93. The van der Waals surface area contributed by atoms with Crippen LogP contribution in [0.1, 0.15) is 23.2 Å². The van der Waals surface area contributed by atoms with Gasteiger partial charge in [-0.1, -0.05) is 54.6 Å². The number of nitrogens with zero attached hydrogens (tertiary/aromatic N) is 2. The van der Waals surface area contributed by atoms with E-state index in [0.29, 0.717) is 18.5 Å². The topological polar surface area (TPSA) is 92.1 Å². The van der Waals surface area contributed by atoms with Gasteiger partial charge in [-0.15, -0.1) is 0 Å². The second-order valence-corrected chi connectivity index (χ2v) is 7.81. The number of fused-ring (bicyclic) bond motifs is 1. The normalized spacial score (nSPS) is 16.0. The number of likely N-dealkylation sites (tertiary alicyclic amines) is 1. The molecule has 0 saturated carbocycles. The largest absolute Gasteiger partial charge is 0.368 e. The van der Waals surface area contributed by atoms with E-state index >= 15 is 0 Å². The fourth-order valence-electron chi connectivity index (χ4n) is 4.45. The lowest BCUT2D eigenvalue weighted by Gasteiger charge is -2.23. The first kappa shape index (κ1) is 19.1. The van der Waals surface area contributed by atoms with Crippen molar-refractivity contribution in [2.24, 2.45) is 5.73 Å². The Kier molecular flexibility index (Phi) is 4.75. The van der Waals surface area contributed by atoms with E-state index in [9.17, 15) is 9.59 Å². The first-order valence-electron chi connectivity index (χ1n) is 10.4. The third kappa shape index (κ3) is 3.36. The lowest BCUT2D eigenvalue weighted by atomic mass is 9.94. The number of carbonyl (C=O) groups is 2. The maximum Gasteiger partial charge on any atom is 0.255 e. The predicted molar refractivity (Wildman–Crippen MR) is 120 cm³/mol. The maximum atomic E-state index is 13.3. The summed E-state index contributed by atoms with van der Waals surface area (Å²) in [7, 11) is 0. The summed E-state index contributed by atoms with van der Waals surface area (Å²) in [5.74, 6) is -0.581. The zero-order valence-electron chi connectivity index (χ0n) is 16.9. The van der Waals surface area contributed by atoms with Crippen molar-refractivity contribution in [3.05, 3.63) is 78.5 Å². The molecule has 0 unspecified atom stereocenters. The van der Waals surface area contributed by atoms with Crippen LogP contribution in [0.2, 0.25) is 0 Å². The zero-order valence-corrected chi connectivity index (χ0v) is 16.9. The number of nitrogens with two attached hydrogens (primary N) is 1. The van der Waals surface area contributed by atoms with Crippen LogP contribution in [-0.4, -0.2) is 39.5 Å². The summed E-state index contributed by atoms with van der Waals surface area (Å²) in [6, 6.07) is 21.4. The molecular formula is C25H22N4O2. The Morgan fingerprint density at radius 2 is 1.68 bits per heavy atom. The molecule has 5 rings (SSSR count). The van der Waals surface area contributed by atoms with E-state index in [1.54, 1.807) is 11.1 Å². The van der Waals surface area contributed by atoms with E-state index in [-0.39, 0.29) is 5.91 Å². The second kappa shape index (κ2) is 7.72. The summed E-state index contributed by atoms with van der Waals surface area (Å²) < 4.78 is 0.